The molecule has 0 heterocycles. The first kappa shape index (κ1) is 13.5. The number of esters is 1. The van der Waals surface area contributed by atoms with E-state index in [0.717, 1.165) is 25.7 Å². The van der Waals surface area contributed by atoms with Gasteiger partial charge in [-0.1, -0.05) is 0 Å². The maximum atomic E-state index is 11.3. The van der Waals surface area contributed by atoms with E-state index < -0.39 is 0 Å². The van der Waals surface area contributed by atoms with Crippen LogP contribution in [-0.4, -0.2) is 38.0 Å². The molecule has 1 saturated carbocycles. The Morgan fingerprint density at radius 3 is 2.62 bits per heavy atom. The highest BCUT2D eigenvalue weighted by atomic mass is 16.6. The summed E-state index contributed by atoms with van der Waals surface area (Å²) in [5, 5.41) is 0. The van der Waals surface area contributed by atoms with Crippen LogP contribution >= 0.6 is 0 Å². The number of hydrogen-bond donors (Lipinski definition) is 0. The van der Waals surface area contributed by atoms with Crippen molar-refractivity contribution in [3.8, 4) is 0 Å². The Bertz CT molecular complexity index is 215. The Balaban J connectivity index is 2.19. The maximum absolute atomic E-state index is 11.3. The SMILES string of the molecule is COC1CCCC(OCC(=O)OC(C)C)C1. The van der Waals surface area contributed by atoms with Crippen LogP contribution in [0.3, 0.4) is 0 Å². The van der Waals surface area contributed by atoms with Crippen LogP contribution in [0.5, 0.6) is 0 Å². The zero-order valence-corrected chi connectivity index (χ0v) is 10.4. The van der Waals surface area contributed by atoms with Crippen molar-refractivity contribution in [1.29, 1.82) is 0 Å². The summed E-state index contributed by atoms with van der Waals surface area (Å²) < 4.78 is 15.8. The van der Waals surface area contributed by atoms with Gasteiger partial charge < -0.3 is 14.2 Å². The molecule has 0 saturated heterocycles. The molecular formula is C12H22O4. The lowest BCUT2D eigenvalue weighted by Gasteiger charge is -2.27. The van der Waals surface area contributed by atoms with E-state index in [9.17, 15) is 4.79 Å². The summed E-state index contributed by atoms with van der Waals surface area (Å²) >= 11 is 0. The third-order valence-corrected chi connectivity index (χ3v) is 2.72. The van der Waals surface area contributed by atoms with E-state index in [1.807, 2.05) is 13.8 Å². The van der Waals surface area contributed by atoms with Crippen LogP contribution < -0.4 is 0 Å². The minimum absolute atomic E-state index is 0.0548. The Morgan fingerprint density at radius 2 is 2.00 bits per heavy atom. The number of rotatable bonds is 5. The Hall–Kier alpha value is -0.610. The van der Waals surface area contributed by atoms with E-state index in [-0.39, 0.29) is 30.9 Å². The molecule has 0 spiro atoms. The third kappa shape index (κ3) is 4.94. The van der Waals surface area contributed by atoms with Gasteiger partial charge in [0.25, 0.3) is 0 Å². The molecule has 0 aliphatic heterocycles. The molecule has 0 aromatic heterocycles. The van der Waals surface area contributed by atoms with Crippen molar-refractivity contribution in [2.75, 3.05) is 13.7 Å². The largest absolute Gasteiger partial charge is 0.461 e. The summed E-state index contributed by atoms with van der Waals surface area (Å²) in [6.07, 6.45) is 4.42. The Kier molecular flexibility index (Phi) is 5.77. The van der Waals surface area contributed by atoms with Gasteiger partial charge in [-0.25, -0.2) is 4.79 Å². The molecule has 4 heteroatoms. The fourth-order valence-corrected chi connectivity index (χ4v) is 1.95. The van der Waals surface area contributed by atoms with Crippen LogP contribution in [0.25, 0.3) is 0 Å². The third-order valence-electron chi connectivity index (χ3n) is 2.72. The first-order valence-electron chi connectivity index (χ1n) is 5.95. The van der Waals surface area contributed by atoms with E-state index >= 15 is 0 Å². The van der Waals surface area contributed by atoms with Crippen molar-refractivity contribution in [3.05, 3.63) is 0 Å². The number of methoxy groups -OCH3 is 1. The molecule has 0 N–H and O–H groups in total. The number of carbonyl (C=O) groups excluding carboxylic acids is 1. The predicted octanol–water partition coefficient (Wildman–Crippen LogP) is 1.91. The first-order valence-corrected chi connectivity index (χ1v) is 5.95. The first-order chi connectivity index (χ1) is 7.61. The standard InChI is InChI=1S/C12H22O4/c1-9(2)16-12(13)8-15-11-6-4-5-10(7-11)14-3/h9-11H,4-8H2,1-3H3. The molecule has 0 amide bonds. The molecule has 1 rings (SSSR count). The normalized spacial score (nSPS) is 25.8. The second kappa shape index (κ2) is 6.86. The summed E-state index contributed by atoms with van der Waals surface area (Å²) in [6, 6.07) is 0. The fraction of sp³-hybridized carbons (Fsp3) is 0.917. The highest BCUT2D eigenvalue weighted by Crippen LogP contribution is 2.22. The van der Waals surface area contributed by atoms with Gasteiger partial charge >= 0.3 is 5.97 Å². The quantitative estimate of drug-likeness (QED) is 0.677. The molecule has 1 aliphatic carbocycles. The lowest BCUT2D eigenvalue weighted by atomic mass is 9.95. The molecule has 4 nitrogen and oxygen atoms in total. The van der Waals surface area contributed by atoms with Gasteiger partial charge in [-0.05, 0) is 39.5 Å². The smallest absolute Gasteiger partial charge is 0.332 e. The van der Waals surface area contributed by atoms with Crippen molar-refractivity contribution < 1.29 is 19.0 Å². The molecule has 94 valence electrons. The van der Waals surface area contributed by atoms with Gasteiger partial charge in [-0.3, -0.25) is 0 Å². The van der Waals surface area contributed by atoms with Crippen molar-refractivity contribution in [3.63, 3.8) is 0 Å². The molecule has 1 fully saturated rings. The number of hydrogen-bond acceptors (Lipinski definition) is 4. The lowest BCUT2D eigenvalue weighted by Crippen LogP contribution is -2.29. The highest BCUT2D eigenvalue weighted by Gasteiger charge is 2.23. The van der Waals surface area contributed by atoms with Gasteiger partial charge in [-0.15, -0.1) is 0 Å². The predicted molar refractivity (Wildman–Crippen MR) is 60.2 cm³/mol. The van der Waals surface area contributed by atoms with E-state index in [0.29, 0.717) is 0 Å². The Morgan fingerprint density at radius 1 is 1.31 bits per heavy atom. The van der Waals surface area contributed by atoms with Crippen molar-refractivity contribution in [1.82, 2.24) is 0 Å². The highest BCUT2D eigenvalue weighted by molar-refractivity contribution is 5.70. The second-order valence-electron chi connectivity index (χ2n) is 4.50. The summed E-state index contributed by atoms with van der Waals surface area (Å²) in [7, 11) is 1.72. The fourth-order valence-electron chi connectivity index (χ4n) is 1.95. The number of carbonyl (C=O) groups is 1. The zero-order chi connectivity index (χ0) is 12.0. The number of ether oxygens (including phenoxy) is 3. The second-order valence-corrected chi connectivity index (χ2v) is 4.50. The molecule has 2 unspecified atom stereocenters. The van der Waals surface area contributed by atoms with Crippen LogP contribution in [-0.2, 0) is 19.0 Å². The van der Waals surface area contributed by atoms with Gasteiger partial charge in [0.1, 0.15) is 6.61 Å². The van der Waals surface area contributed by atoms with Crippen molar-refractivity contribution in [2.45, 2.75) is 57.8 Å². The minimum atomic E-state index is -0.283. The average molecular weight is 230 g/mol. The van der Waals surface area contributed by atoms with E-state index in [1.165, 1.54) is 0 Å². The van der Waals surface area contributed by atoms with Gasteiger partial charge in [0.15, 0.2) is 0 Å². The Labute approximate surface area is 97.2 Å². The van der Waals surface area contributed by atoms with Crippen LogP contribution in [0.4, 0.5) is 0 Å². The monoisotopic (exact) mass is 230 g/mol. The van der Waals surface area contributed by atoms with Crippen LogP contribution in [0.15, 0.2) is 0 Å². The molecule has 0 bridgehead atoms. The summed E-state index contributed by atoms with van der Waals surface area (Å²) in [5.74, 6) is -0.283. The minimum Gasteiger partial charge on any atom is -0.461 e. The van der Waals surface area contributed by atoms with E-state index in [2.05, 4.69) is 0 Å². The summed E-state index contributed by atoms with van der Waals surface area (Å²) in [4.78, 5) is 11.3. The van der Waals surface area contributed by atoms with Crippen molar-refractivity contribution in [2.24, 2.45) is 0 Å². The molecule has 0 aromatic rings. The molecule has 0 aromatic carbocycles. The average Bonchev–Trinajstić information content (AvgIpc) is 2.26. The summed E-state index contributed by atoms with van der Waals surface area (Å²) in [6.45, 7) is 3.72. The molecular weight excluding hydrogens is 208 g/mol. The molecule has 16 heavy (non-hydrogen) atoms. The van der Waals surface area contributed by atoms with Gasteiger partial charge in [0.2, 0.25) is 0 Å². The van der Waals surface area contributed by atoms with Crippen LogP contribution in [0.1, 0.15) is 39.5 Å². The zero-order valence-electron chi connectivity index (χ0n) is 10.4. The van der Waals surface area contributed by atoms with Gasteiger partial charge in [-0.2, -0.15) is 0 Å². The summed E-state index contributed by atoms with van der Waals surface area (Å²) in [5.41, 5.74) is 0. The van der Waals surface area contributed by atoms with Crippen LogP contribution in [0.2, 0.25) is 0 Å². The lowest BCUT2D eigenvalue weighted by molar-refractivity contribution is -0.156. The van der Waals surface area contributed by atoms with E-state index in [1.54, 1.807) is 7.11 Å². The van der Waals surface area contributed by atoms with Gasteiger partial charge in [0, 0.05) is 7.11 Å². The van der Waals surface area contributed by atoms with E-state index in [4.69, 9.17) is 14.2 Å². The molecule has 2 atom stereocenters. The topological polar surface area (TPSA) is 44.8 Å². The van der Waals surface area contributed by atoms with Gasteiger partial charge in [0.05, 0.1) is 18.3 Å². The maximum Gasteiger partial charge on any atom is 0.332 e. The van der Waals surface area contributed by atoms with Crippen LogP contribution in [0, 0.1) is 0 Å². The van der Waals surface area contributed by atoms with Crippen molar-refractivity contribution >= 4 is 5.97 Å². The molecule has 1 aliphatic rings. The molecule has 0 radical (unpaired) electrons.